The first-order valence-electron chi connectivity index (χ1n) is 5.88. The van der Waals surface area contributed by atoms with Crippen LogP contribution in [-0.2, 0) is 9.47 Å². The molecule has 0 fully saturated rings. The maximum atomic E-state index is 9.09. The minimum absolute atomic E-state index is 0.578. The van der Waals surface area contributed by atoms with Crippen molar-refractivity contribution >= 4 is 5.69 Å². The largest absolute Gasteiger partial charge is 0.382 e. The van der Waals surface area contributed by atoms with Gasteiger partial charge in [-0.15, -0.1) is 0 Å². The Kier molecular flexibility index (Phi) is 6.12. The van der Waals surface area contributed by atoms with Crippen LogP contribution in [0.2, 0.25) is 0 Å². The van der Waals surface area contributed by atoms with Crippen molar-refractivity contribution in [2.24, 2.45) is 0 Å². The normalized spacial score (nSPS) is 10.1. The highest BCUT2D eigenvalue weighted by atomic mass is 16.5. The Bertz CT molecular complexity index is 427. The summed E-state index contributed by atoms with van der Waals surface area (Å²) in [7, 11) is 1.64. The van der Waals surface area contributed by atoms with E-state index < -0.39 is 0 Å². The first-order chi connectivity index (χ1) is 8.69. The molecule has 1 aromatic heterocycles. The maximum Gasteiger partial charge on any atom is 0.103 e. The molecule has 98 valence electrons. The molecule has 1 rings (SSSR count). The Labute approximate surface area is 108 Å². The number of nitrogens with zero attached hydrogens (tertiary/aromatic N) is 2. The van der Waals surface area contributed by atoms with E-state index in [1.165, 1.54) is 0 Å². The predicted octanol–water partition coefficient (Wildman–Crippen LogP) is 1.65. The van der Waals surface area contributed by atoms with Gasteiger partial charge in [-0.3, -0.25) is 4.98 Å². The Morgan fingerprint density at radius 2 is 2.11 bits per heavy atom. The predicted molar refractivity (Wildman–Crippen MR) is 69.6 cm³/mol. The van der Waals surface area contributed by atoms with Gasteiger partial charge in [-0.1, -0.05) is 0 Å². The van der Waals surface area contributed by atoms with Gasteiger partial charge in [0.2, 0.25) is 0 Å². The third-order valence-electron chi connectivity index (χ3n) is 2.43. The number of ether oxygens (including phenoxy) is 2. The zero-order chi connectivity index (χ0) is 13.4. The number of hydrogen-bond donors (Lipinski definition) is 1. The minimum atomic E-state index is 0.578. The molecule has 5 nitrogen and oxygen atoms in total. The van der Waals surface area contributed by atoms with Crippen LogP contribution in [-0.4, -0.2) is 38.5 Å². The average Bonchev–Trinajstić information content (AvgIpc) is 2.33. The number of aromatic nitrogens is 1. The molecular formula is C13H19N3O2. The number of hydrogen-bond acceptors (Lipinski definition) is 5. The van der Waals surface area contributed by atoms with Gasteiger partial charge in [0, 0.05) is 19.3 Å². The number of methoxy groups -OCH3 is 1. The Balaban J connectivity index is 2.49. The Morgan fingerprint density at radius 1 is 1.33 bits per heavy atom. The van der Waals surface area contributed by atoms with Gasteiger partial charge in [0.15, 0.2) is 0 Å². The van der Waals surface area contributed by atoms with E-state index in [2.05, 4.69) is 16.4 Å². The Morgan fingerprint density at radius 3 is 2.78 bits per heavy atom. The molecule has 0 aromatic carbocycles. The van der Waals surface area contributed by atoms with Crippen LogP contribution < -0.4 is 5.32 Å². The van der Waals surface area contributed by atoms with Crippen LogP contribution in [0.15, 0.2) is 6.07 Å². The van der Waals surface area contributed by atoms with Gasteiger partial charge in [-0.05, 0) is 19.9 Å². The van der Waals surface area contributed by atoms with Crippen LogP contribution in [0.3, 0.4) is 0 Å². The third-order valence-corrected chi connectivity index (χ3v) is 2.43. The van der Waals surface area contributed by atoms with Crippen LogP contribution in [0.5, 0.6) is 0 Å². The van der Waals surface area contributed by atoms with Gasteiger partial charge in [-0.25, -0.2) is 0 Å². The molecule has 0 atom stereocenters. The number of anilines is 1. The molecule has 0 spiro atoms. The van der Waals surface area contributed by atoms with E-state index in [1.54, 1.807) is 7.11 Å². The number of pyridine rings is 1. The second kappa shape index (κ2) is 7.64. The summed E-state index contributed by atoms with van der Waals surface area (Å²) in [5, 5.41) is 12.3. The summed E-state index contributed by atoms with van der Waals surface area (Å²) in [6.07, 6.45) is 0. The summed E-state index contributed by atoms with van der Waals surface area (Å²) in [5.74, 6) is 0. The molecule has 0 saturated carbocycles. The van der Waals surface area contributed by atoms with E-state index in [-0.39, 0.29) is 0 Å². The summed E-state index contributed by atoms with van der Waals surface area (Å²) >= 11 is 0. The summed E-state index contributed by atoms with van der Waals surface area (Å²) in [6.45, 7) is 6.16. The van der Waals surface area contributed by atoms with Crippen molar-refractivity contribution in [2.75, 3.05) is 38.8 Å². The molecule has 18 heavy (non-hydrogen) atoms. The van der Waals surface area contributed by atoms with E-state index >= 15 is 0 Å². The van der Waals surface area contributed by atoms with Crippen LogP contribution in [0.4, 0.5) is 5.69 Å². The molecule has 5 heteroatoms. The van der Waals surface area contributed by atoms with E-state index in [4.69, 9.17) is 14.7 Å². The second-order valence-corrected chi connectivity index (χ2v) is 3.92. The maximum absolute atomic E-state index is 9.09. The zero-order valence-electron chi connectivity index (χ0n) is 11.1. The van der Waals surface area contributed by atoms with E-state index in [9.17, 15) is 0 Å². The quantitative estimate of drug-likeness (QED) is 0.744. The standard InChI is InChI=1S/C13H19N3O2/c1-10-8-13(12(9-14)11(2)16-10)15-4-5-18-7-6-17-3/h8H,4-7H2,1-3H3,(H,15,16). The van der Waals surface area contributed by atoms with Gasteiger partial charge < -0.3 is 14.8 Å². The first-order valence-corrected chi connectivity index (χ1v) is 5.88. The molecule has 0 radical (unpaired) electrons. The lowest BCUT2D eigenvalue weighted by molar-refractivity contribution is 0.0759. The number of nitriles is 1. The van der Waals surface area contributed by atoms with Gasteiger partial charge in [0.05, 0.1) is 36.8 Å². The number of nitrogens with one attached hydrogen (secondary N) is 1. The van der Waals surface area contributed by atoms with Crippen molar-refractivity contribution in [2.45, 2.75) is 13.8 Å². The summed E-state index contributed by atoms with van der Waals surface area (Å²) in [4.78, 5) is 4.26. The van der Waals surface area contributed by atoms with Gasteiger partial charge in [-0.2, -0.15) is 5.26 Å². The Hall–Kier alpha value is -1.64. The number of rotatable bonds is 7. The third kappa shape index (κ3) is 4.32. The molecule has 0 aliphatic carbocycles. The van der Waals surface area contributed by atoms with Gasteiger partial charge >= 0.3 is 0 Å². The SMILES string of the molecule is COCCOCCNc1cc(C)nc(C)c1C#N. The lowest BCUT2D eigenvalue weighted by atomic mass is 10.1. The number of aryl methyl sites for hydroxylation is 2. The van der Waals surface area contributed by atoms with Crippen LogP contribution >= 0.6 is 0 Å². The van der Waals surface area contributed by atoms with Crippen molar-refractivity contribution in [3.8, 4) is 6.07 Å². The molecule has 1 aromatic rings. The second-order valence-electron chi connectivity index (χ2n) is 3.92. The van der Waals surface area contributed by atoms with E-state index in [0.29, 0.717) is 31.9 Å². The fourth-order valence-corrected chi connectivity index (χ4v) is 1.61. The van der Waals surface area contributed by atoms with E-state index in [0.717, 1.165) is 17.1 Å². The first kappa shape index (κ1) is 14.4. The lowest BCUT2D eigenvalue weighted by Crippen LogP contribution is -2.13. The van der Waals surface area contributed by atoms with Gasteiger partial charge in [0.25, 0.3) is 0 Å². The van der Waals surface area contributed by atoms with Crippen molar-refractivity contribution in [1.29, 1.82) is 5.26 Å². The summed E-state index contributed by atoms with van der Waals surface area (Å²) < 4.78 is 10.2. The fraction of sp³-hybridized carbons (Fsp3) is 0.538. The van der Waals surface area contributed by atoms with Crippen LogP contribution in [0, 0.1) is 25.2 Å². The minimum Gasteiger partial charge on any atom is -0.382 e. The van der Waals surface area contributed by atoms with Crippen LogP contribution in [0.25, 0.3) is 0 Å². The molecule has 1 N–H and O–H groups in total. The van der Waals surface area contributed by atoms with Gasteiger partial charge in [0.1, 0.15) is 6.07 Å². The molecule has 0 amide bonds. The van der Waals surface area contributed by atoms with E-state index in [1.807, 2.05) is 19.9 Å². The van der Waals surface area contributed by atoms with Crippen molar-refractivity contribution < 1.29 is 9.47 Å². The molecule has 0 bridgehead atoms. The molecule has 1 heterocycles. The molecule has 0 aliphatic rings. The fourth-order valence-electron chi connectivity index (χ4n) is 1.61. The molecule has 0 aliphatic heterocycles. The zero-order valence-corrected chi connectivity index (χ0v) is 11.1. The monoisotopic (exact) mass is 249 g/mol. The molecule has 0 saturated heterocycles. The van der Waals surface area contributed by atoms with Crippen molar-refractivity contribution in [3.63, 3.8) is 0 Å². The summed E-state index contributed by atoms with van der Waals surface area (Å²) in [5.41, 5.74) is 3.06. The van der Waals surface area contributed by atoms with Crippen LogP contribution in [0.1, 0.15) is 17.0 Å². The average molecular weight is 249 g/mol. The van der Waals surface area contributed by atoms with Crippen molar-refractivity contribution in [3.05, 3.63) is 23.0 Å². The highest BCUT2D eigenvalue weighted by molar-refractivity contribution is 5.59. The highest BCUT2D eigenvalue weighted by Crippen LogP contribution is 2.18. The smallest absolute Gasteiger partial charge is 0.103 e. The van der Waals surface area contributed by atoms with Crippen molar-refractivity contribution in [1.82, 2.24) is 4.98 Å². The lowest BCUT2D eigenvalue weighted by Gasteiger charge is -2.11. The molecular weight excluding hydrogens is 230 g/mol. The topological polar surface area (TPSA) is 67.2 Å². The summed E-state index contributed by atoms with van der Waals surface area (Å²) in [6, 6.07) is 4.04. The molecule has 0 unspecified atom stereocenters. The highest BCUT2D eigenvalue weighted by Gasteiger charge is 2.07.